The summed E-state index contributed by atoms with van der Waals surface area (Å²) in [5.74, 6) is 0.851. The molecular formula is C12H20F3NS. The van der Waals surface area contributed by atoms with Crippen LogP contribution in [0.15, 0.2) is 12.7 Å². The Labute approximate surface area is 105 Å². The molecule has 1 saturated carbocycles. The summed E-state index contributed by atoms with van der Waals surface area (Å²) < 4.78 is 37.3. The lowest BCUT2D eigenvalue weighted by Crippen LogP contribution is -2.37. The lowest BCUT2D eigenvalue weighted by atomic mass is 9.85. The number of rotatable bonds is 6. The topological polar surface area (TPSA) is 12.0 Å². The Morgan fingerprint density at radius 3 is 2.41 bits per heavy atom. The zero-order valence-electron chi connectivity index (χ0n) is 9.93. The van der Waals surface area contributed by atoms with Gasteiger partial charge in [0, 0.05) is 24.1 Å². The molecule has 0 aromatic rings. The van der Waals surface area contributed by atoms with Crippen molar-refractivity contribution in [2.75, 3.05) is 18.1 Å². The minimum absolute atomic E-state index is 0.276. The van der Waals surface area contributed by atoms with E-state index in [4.69, 9.17) is 0 Å². The molecule has 1 aliphatic rings. The average molecular weight is 267 g/mol. The van der Waals surface area contributed by atoms with E-state index in [9.17, 15) is 13.2 Å². The molecule has 17 heavy (non-hydrogen) atoms. The number of hydrogen-bond acceptors (Lipinski definition) is 2. The molecule has 100 valence electrons. The molecule has 0 amide bonds. The molecule has 1 N–H and O–H groups in total. The zero-order chi connectivity index (χ0) is 12.7. The van der Waals surface area contributed by atoms with Gasteiger partial charge in [-0.2, -0.15) is 24.9 Å². The molecular weight excluding hydrogens is 247 g/mol. The standard InChI is InChI=1S/C12H20F3NS/c1-2-8-17-9-7-16-11-5-3-10(4-6-11)12(13,14)15/h2,10-11,16H,1,3-9H2. The van der Waals surface area contributed by atoms with Gasteiger partial charge >= 0.3 is 6.18 Å². The predicted octanol–water partition coefficient (Wildman–Crippen LogP) is 3.62. The second-order valence-corrected chi connectivity index (χ2v) is 5.56. The van der Waals surface area contributed by atoms with Crippen LogP contribution in [-0.4, -0.2) is 30.3 Å². The monoisotopic (exact) mass is 267 g/mol. The van der Waals surface area contributed by atoms with Crippen molar-refractivity contribution in [3.05, 3.63) is 12.7 Å². The maximum absolute atomic E-state index is 12.4. The van der Waals surface area contributed by atoms with Crippen LogP contribution in [0.25, 0.3) is 0 Å². The van der Waals surface area contributed by atoms with E-state index in [-0.39, 0.29) is 18.9 Å². The number of alkyl halides is 3. The van der Waals surface area contributed by atoms with Crippen LogP contribution < -0.4 is 5.32 Å². The van der Waals surface area contributed by atoms with Gasteiger partial charge in [-0.05, 0) is 25.7 Å². The Kier molecular flexibility index (Phi) is 6.41. The lowest BCUT2D eigenvalue weighted by Gasteiger charge is -2.30. The van der Waals surface area contributed by atoms with E-state index < -0.39 is 12.1 Å². The van der Waals surface area contributed by atoms with Crippen molar-refractivity contribution < 1.29 is 13.2 Å². The summed E-state index contributed by atoms with van der Waals surface area (Å²) in [6, 6.07) is 0.276. The van der Waals surface area contributed by atoms with Crippen LogP contribution in [0.3, 0.4) is 0 Å². The first kappa shape index (κ1) is 14.9. The van der Waals surface area contributed by atoms with Gasteiger partial charge in [-0.3, -0.25) is 0 Å². The number of nitrogens with one attached hydrogen (secondary N) is 1. The highest BCUT2D eigenvalue weighted by molar-refractivity contribution is 7.99. The Morgan fingerprint density at radius 1 is 1.24 bits per heavy atom. The van der Waals surface area contributed by atoms with Gasteiger partial charge in [-0.25, -0.2) is 0 Å². The molecule has 1 aliphatic carbocycles. The fourth-order valence-corrected chi connectivity index (χ4v) is 2.72. The molecule has 0 heterocycles. The third-order valence-electron chi connectivity index (χ3n) is 3.11. The van der Waals surface area contributed by atoms with E-state index in [1.807, 2.05) is 6.08 Å². The maximum Gasteiger partial charge on any atom is 0.391 e. The predicted molar refractivity (Wildman–Crippen MR) is 67.3 cm³/mol. The Balaban J connectivity index is 2.09. The van der Waals surface area contributed by atoms with Crippen LogP contribution in [0.5, 0.6) is 0 Å². The van der Waals surface area contributed by atoms with Gasteiger partial charge in [0.2, 0.25) is 0 Å². The van der Waals surface area contributed by atoms with Crippen molar-refractivity contribution in [3.63, 3.8) is 0 Å². The third kappa shape index (κ3) is 5.82. The second-order valence-electron chi connectivity index (χ2n) is 4.41. The van der Waals surface area contributed by atoms with Crippen molar-refractivity contribution in [3.8, 4) is 0 Å². The zero-order valence-corrected chi connectivity index (χ0v) is 10.7. The Bertz CT molecular complexity index is 222. The van der Waals surface area contributed by atoms with Gasteiger partial charge in [-0.15, -0.1) is 6.58 Å². The van der Waals surface area contributed by atoms with Gasteiger partial charge in [-0.1, -0.05) is 6.08 Å². The fraction of sp³-hybridized carbons (Fsp3) is 0.833. The molecule has 0 unspecified atom stereocenters. The molecule has 0 aliphatic heterocycles. The minimum atomic E-state index is -4.00. The van der Waals surface area contributed by atoms with Gasteiger partial charge in [0.25, 0.3) is 0 Å². The fourth-order valence-electron chi connectivity index (χ4n) is 2.13. The van der Waals surface area contributed by atoms with E-state index in [0.29, 0.717) is 12.8 Å². The van der Waals surface area contributed by atoms with Crippen LogP contribution in [0, 0.1) is 5.92 Å². The van der Waals surface area contributed by atoms with Crippen molar-refractivity contribution in [1.29, 1.82) is 0 Å². The normalized spacial score (nSPS) is 25.8. The third-order valence-corrected chi connectivity index (χ3v) is 4.07. The summed E-state index contributed by atoms with van der Waals surface area (Å²) in [5, 5.41) is 3.33. The van der Waals surface area contributed by atoms with Crippen LogP contribution in [0.1, 0.15) is 25.7 Å². The molecule has 0 saturated heterocycles. The molecule has 0 aromatic heterocycles. The van der Waals surface area contributed by atoms with Crippen LogP contribution >= 0.6 is 11.8 Å². The molecule has 0 atom stereocenters. The smallest absolute Gasteiger partial charge is 0.313 e. The SMILES string of the molecule is C=CCSCCNC1CCC(C(F)(F)F)CC1. The van der Waals surface area contributed by atoms with E-state index in [1.54, 1.807) is 11.8 Å². The number of halogens is 3. The van der Waals surface area contributed by atoms with Crippen molar-refractivity contribution in [2.45, 2.75) is 37.9 Å². The maximum atomic E-state index is 12.4. The van der Waals surface area contributed by atoms with Gasteiger partial charge in [0.1, 0.15) is 0 Å². The summed E-state index contributed by atoms with van der Waals surface area (Å²) >= 11 is 1.79. The molecule has 1 nitrogen and oxygen atoms in total. The molecule has 1 rings (SSSR count). The summed E-state index contributed by atoms with van der Waals surface area (Å²) in [4.78, 5) is 0. The second kappa shape index (κ2) is 7.31. The minimum Gasteiger partial charge on any atom is -0.313 e. The first-order valence-electron chi connectivity index (χ1n) is 6.02. The van der Waals surface area contributed by atoms with Gasteiger partial charge in [0.15, 0.2) is 0 Å². The Morgan fingerprint density at radius 2 is 1.88 bits per heavy atom. The van der Waals surface area contributed by atoms with E-state index in [1.165, 1.54) is 0 Å². The first-order valence-corrected chi connectivity index (χ1v) is 7.18. The highest BCUT2D eigenvalue weighted by atomic mass is 32.2. The summed E-state index contributed by atoms with van der Waals surface area (Å²) in [5.41, 5.74) is 0. The van der Waals surface area contributed by atoms with E-state index in [2.05, 4.69) is 11.9 Å². The van der Waals surface area contributed by atoms with Crippen molar-refractivity contribution >= 4 is 11.8 Å². The van der Waals surface area contributed by atoms with Crippen LogP contribution in [0.2, 0.25) is 0 Å². The van der Waals surface area contributed by atoms with Crippen LogP contribution in [-0.2, 0) is 0 Å². The van der Waals surface area contributed by atoms with Gasteiger partial charge < -0.3 is 5.32 Å². The molecule has 5 heteroatoms. The highest BCUT2D eigenvalue weighted by Gasteiger charge is 2.41. The molecule has 0 aromatic carbocycles. The van der Waals surface area contributed by atoms with E-state index >= 15 is 0 Å². The van der Waals surface area contributed by atoms with Crippen LogP contribution in [0.4, 0.5) is 13.2 Å². The summed E-state index contributed by atoms with van der Waals surface area (Å²) in [6.07, 6.45) is -0.279. The highest BCUT2D eigenvalue weighted by Crippen LogP contribution is 2.37. The summed E-state index contributed by atoms with van der Waals surface area (Å²) in [7, 11) is 0. The largest absolute Gasteiger partial charge is 0.391 e. The van der Waals surface area contributed by atoms with Crippen molar-refractivity contribution in [1.82, 2.24) is 5.32 Å². The summed E-state index contributed by atoms with van der Waals surface area (Å²) in [6.45, 7) is 4.51. The van der Waals surface area contributed by atoms with E-state index in [0.717, 1.165) is 18.1 Å². The number of thioether (sulfide) groups is 1. The number of hydrogen-bond donors (Lipinski definition) is 1. The molecule has 0 bridgehead atoms. The lowest BCUT2D eigenvalue weighted by molar-refractivity contribution is -0.182. The molecule has 0 radical (unpaired) electrons. The Hall–Kier alpha value is -0.160. The van der Waals surface area contributed by atoms with Crippen molar-refractivity contribution in [2.24, 2.45) is 5.92 Å². The molecule has 0 spiro atoms. The molecule has 1 fully saturated rings. The first-order chi connectivity index (χ1) is 8.04. The quantitative estimate of drug-likeness (QED) is 0.583. The van der Waals surface area contributed by atoms with Gasteiger partial charge in [0.05, 0.1) is 5.92 Å². The average Bonchev–Trinajstić information content (AvgIpc) is 2.28.